The van der Waals surface area contributed by atoms with Gasteiger partial charge in [-0.2, -0.15) is 0 Å². The van der Waals surface area contributed by atoms with Crippen LogP contribution in [-0.4, -0.2) is 83.9 Å². The fraction of sp³-hybridized carbons (Fsp3) is 0.853. The first-order chi connectivity index (χ1) is 21.0. The zero-order valence-electron chi connectivity index (χ0n) is 27.1. The van der Waals surface area contributed by atoms with Gasteiger partial charge < -0.3 is 15.3 Å². The number of hydrogen-bond donors (Lipinski definition) is 3. The molecule has 0 aromatic carbocycles. The summed E-state index contributed by atoms with van der Waals surface area (Å²) in [6.45, 7) is 5.42. The molecule has 0 saturated heterocycles. The number of terminal acetylenes is 1. The highest BCUT2D eigenvalue weighted by Gasteiger charge is 2.39. The Labute approximate surface area is 263 Å². The smallest absolute Gasteiger partial charge is 0.237 e. The Morgan fingerprint density at radius 1 is 0.886 bits per heavy atom. The van der Waals surface area contributed by atoms with Crippen LogP contribution in [-0.2, 0) is 14.4 Å². The molecule has 250 valence electrons. The van der Waals surface area contributed by atoms with Gasteiger partial charge in [-0.25, -0.2) is 13.8 Å². The van der Waals surface area contributed by atoms with Crippen molar-refractivity contribution in [3.05, 3.63) is 0 Å². The molecule has 0 aromatic rings. The molecule has 3 rings (SSSR count). The number of aliphatic hydroxyl groups excluding tert-OH is 1. The molecule has 0 radical (unpaired) electrons. The number of hydrazine groups is 1. The minimum absolute atomic E-state index is 0.0311. The summed E-state index contributed by atoms with van der Waals surface area (Å²) >= 11 is 0. The van der Waals surface area contributed by atoms with Crippen molar-refractivity contribution in [3.63, 3.8) is 0 Å². The van der Waals surface area contributed by atoms with Crippen LogP contribution in [0.2, 0.25) is 0 Å². The summed E-state index contributed by atoms with van der Waals surface area (Å²) < 4.78 is 28.6. The topological polar surface area (TPSA) is 102 Å². The molecule has 44 heavy (non-hydrogen) atoms. The zero-order valence-corrected chi connectivity index (χ0v) is 27.1. The molecular formula is C34H56F2N4O4. The van der Waals surface area contributed by atoms with Crippen LogP contribution in [0.4, 0.5) is 8.78 Å². The number of carbonyl (C=O) groups excluding carboxylic acids is 3. The summed E-state index contributed by atoms with van der Waals surface area (Å²) in [5, 5.41) is 15.9. The predicted octanol–water partition coefficient (Wildman–Crippen LogP) is 4.56. The van der Waals surface area contributed by atoms with Crippen LogP contribution in [0.3, 0.4) is 0 Å². The molecule has 3 amide bonds. The molecule has 3 aliphatic carbocycles. The molecular weight excluding hydrogens is 566 g/mol. The average molecular weight is 623 g/mol. The highest BCUT2D eigenvalue weighted by atomic mass is 19.1. The van der Waals surface area contributed by atoms with E-state index in [9.17, 15) is 28.3 Å². The van der Waals surface area contributed by atoms with Gasteiger partial charge >= 0.3 is 0 Å². The van der Waals surface area contributed by atoms with Gasteiger partial charge in [-0.15, -0.1) is 12.3 Å². The van der Waals surface area contributed by atoms with Crippen LogP contribution in [0.25, 0.3) is 0 Å². The number of halogens is 2. The van der Waals surface area contributed by atoms with Gasteiger partial charge in [-0.3, -0.25) is 19.8 Å². The second-order valence-electron chi connectivity index (χ2n) is 13.7. The maximum atomic E-state index is 14.3. The van der Waals surface area contributed by atoms with Gasteiger partial charge in [0.1, 0.15) is 12.3 Å². The lowest BCUT2D eigenvalue weighted by Gasteiger charge is -2.37. The number of rotatable bonds is 14. The number of nitrogens with zero attached hydrogens (tertiary/aromatic N) is 2. The van der Waals surface area contributed by atoms with Crippen LogP contribution in [0, 0.1) is 41.9 Å². The summed E-state index contributed by atoms with van der Waals surface area (Å²) in [4.78, 5) is 41.9. The van der Waals surface area contributed by atoms with E-state index in [1.165, 1.54) is 5.01 Å². The van der Waals surface area contributed by atoms with Crippen molar-refractivity contribution in [2.45, 2.75) is 128 Å². The van der Waals surface area contributed by atoms with Crippen molar-refractivity contribution in [2.24, 2.45) is 29.6 Å². The first-order valence-corrected chi connectivity index (χ1v) is 17.1. The molecule has 0 bridgehead atoms. The zero-order chi connectivity index (χ0) is 32.2. The standard InChI is InChI=1S/C34H56F2N4O4/c1-5-13-40(14-6-2)34(44)27-16-23(7-3)15-26(20-27)32(42)37-30(19-24-17-28(35)21-29(36)18-24)31(41)22-39(4)38-33(43)25-11-9-8-10-12-25/h3,23-31,41H,5-6,8-22H2,1-2,4H3,(H,37,42)(H,38,43). The normalized spacial score (nSPS) is 29.3. The SMILES string of the molecule is C#CC1CC(C(=O)NC(CC2CC(F)CC(F)C2)C(O)CN(C)NC(=O)C2CCCCC2)CC(C(=O)N(CCC)CCC)C1. The van der Waals surface area contributed by atoms with E-state index in [0.717, 1.165) is 44.9 Å². The molecule has 7 unspecified atom stereocenters. The summed E-state index contributed by atoms with van der Waals surface area (Å²) in [5.74, 6) is 0.925. The van der Waals surface area contributed by atoms with Crippen LogP contribution >= 0.6 is 0 Å². The van der Waals surface area contributed by atoms with Gasteiger partial charge in [0.15, 0.2) is 0 Å². The minimum atomic E-state index is -1.26. The van der Waals surface area contributed by atoms with Gasteiger partial charge in [0.25, 0.3) is 0 Å². The average Bonchev–Trinajstić information content (AvgIpc) is 2.99. The monoisotopic (exact) mass is 622 g/mol. The van der Waals surface area contributed by atoms with Crippen LogP contribution < -0.4 is 10.7 Å². The van der Waals surface area contributed by atoms with Crippen LogP contribution in [0.5, 0.6) is 0 Å². The third-order valence-corrected chi connectivity index (χ3v) is 9.77. The summed E-state index contributed by atoms with van der Waals surface area (Å²) in [6, 6.07) is -0.781. The molecule has 0 spiro atoms. The third kappa shape index (κ3) is 11.0. The molecule has 10 heteroatoms. The number of aliphatic hydroxyl groups is 1. The van der Waals surface area contributed by atoms with Crippen molar-refractivity contribution in [2.75, 3.05) is 26.7 Å². The van der Waals surface area contributed by atoms with E-state index in [-0.39, 0.29) is 73.6 Å². The van der Waals surface area contributed by atoms with E-state index < -0.39 is 30.4 Å². The second-order valence-corrected chi connectivity index (χ2v) is 13.7. The van der Waals surface area contributed by atoms with Gasteiger partial charge in [0, 0.05) is 56.8 Å². The van der Waals surface area contributed by atoms with Crippen LogP contribution in [0.1, 0.15) is 104 Å². The molecule has 3 aliphatic rings. The van der Waals surface area contributed by atoms with E-state index in [2.05, 4.69) is 16.7 Å². The highest BCUT2D eigenvalue weighted by molar-refractivity contribution is 5.83. The quantitative estimate of drug-likeness (QED) is 0.195. The Balaban J connectivity index is 1.70. The van der Waals surface area contributed by atoms with Gasteiger partial charge in [0.05, 0.1) is 12.1 Å². The Morgan fingerprint density at radius 2 is 1.50 bits per heavy atom. The fourth-order valence-electron chi connectivity index (χ4n) is 7.55. The molecule has 0 heterocycles. The van der Waals surface area contributed by atoms with E-state index in [1.807, 2.05) is 18.7 Å². The second kappa shape index (κ2) is 18.0. The summed E-state index contributed by atoms with van der Waals surface area (Å²) in [7, 11) is 1.67. The minimum Gasteiger partial charge on any atom is -0.390 e. The highest BCUT2D eigenvalue weighted by Crippen LogP contribution is 2.36. The number of likely N-dealkylation sites (N-methyl/N-ethyl adjacent to an activating group) is 1. The Bertz CT molecular complexity index is 955. The molecule has 8 nitrogen and oxygen atoms in total. The number of hydrogen-bond acceptors (Lipinski definition) is 5. The van der Waals surface area contributed by atoms with Crippen molar-refractivity contribution >= 4 is 17.7 Å². The van der Waals surface area contributed by atoms with E-state index >= 15 is 0 Å². The first kappa shape index (κ1) is 36.2. The molecule has 0 aromatic heterocycles. The van der Waals surface area contributed by atoms with Gasteiger partial charge in [-0.1, -0.05) is 33.1 Å². The van der Waals surface area contributed by atoms with Crippen molar-refractivity contribution < 1.29 is 28.3 Å². The van der Waals surface area contributed by atoms with E-state index in [4.69, 9.17) is 6.42 Å². The number of nitrogens with one attached hydrogen (secondary N) is 2. The van der Waals surface area contributed by atoms with Crippen molar-refractivity contribution in [1.82, 2.24) is 20.7 Å². The van der Waals surface area contributed by atoms with Crippen LogP contribution in [0.15, 0.2) is 0 Å². The van der Waals surface area contributed by atoms with Crippen molar-refractivity contribution in [1.29, 1.82) is 0 Å². The molecule has 3 fully saturated rings. The number of carbonyl (C=O) groups is 3. The number of alkyl halides is 2. The molecule has 3 saturated carbocycles. The maximum Gasteiger partial charge on any atom is 0.237 e. The molecule has 0 aliphatic heterocycles. The molecule has 3 N–H and O–H groups in total. The Kier molecular flexibility index (Phi) is 14.8. The lowest BCUT2D eigenvalue weighted by Crippen LogP contribution is -2.54. The lowest BCUT2D eigenvalue weighted by molar-refractivity contribution is -0.139. The first-order valence-electron chi connectivity index (χ1n) is 17.1. The van der Waals surface area contributed by atoms with E-state index in [0.29, 0.717) is 32.4 Å². The number of amides is 3. The Hall–Kier alpha value is -2.25. The largest absolute Gasteiger partial charge is 0.390 e. The summed E-state index contributed by atoms with van der Waals surface area (Å²) in [6.07, 6.45) is 10.6. The van der Waals surface area contributed by atoms with Gasteiger partial charge in [-0.05, 0) is 70.1 Å². The maximum absolute atomic E-state index is 14.3. The molecule has 7 atom stereocenters. The predicted molar refractivity (Wildman–Crippen MR) is 167 cm³/mol. The summed E-state index contributed by atoms with van der Waals surface area (Å²) in [5.41, 5.74) is 2.87. The lowest BCUT2D eigenvalue weighted by atomic mass is 9.74. The van der Waals surface area contributed by atoms with E-state index in [1.54, 1.807) is 7.05 Å². The third-order valence-electron chi connectivity index (χ3n) is 9.77. The fourth-order valence-corrected chi connectivity index (χ4v) is 7.55. The van der Waals surface area contributed by atoms with Gasteiger partial charge in [0.2, 0.25) is 17.7 Å². The van der Waals surface area contributed by atoms with Crippen molar-refractivity contribution in [3.8, 4) is 12.3 Å². The Morgan fingerprint density at radius 3 is 2.09 bits per heavy atom.